The monoisotopic (exact) mass is 444 g/mol. The molecule has 0 saturated heterocycles. The number of anilines is 1. The summed E-state index contributed by atoms with van der Waals surface area (Å²) in [5, 5.41) is 5.51. The lowest BCUT2D eigenvalue weighted by molar-refractivity contribution is -0.123. The second-order valence-electron chi connectivity index (χ2n) is 7.06. The number of thiazole rings is 1. The van der Waals surface area contributed by atoms with Gasteiger partial charge in [0.05, 0.1) is 17.3 Å². The summed E-state index contributed by atoms with van der Waals surface area (Å²) in [4.78, 5) is 23.0. The number of pyridine rings is 1. The number of hydrogen-bond donors (Lipinski definition) is 1. The number of rotatable bonds is 4. The van der Waals surface area contributed by atoms with Crippen LogP contribution in [-0.4, -0.2) is 37.9 Å². The van der Waals surface area contributed by atoms with Crippen molar-refractivity contribution in [1.82, 2.24) is 9.97 Å². The Labute approximate surface area is 178 Å². The number of aryl methyl sites for hydroxylation is 1. The normalized spacial score (nSPS) is 15.9. The number of carbonyl (C=O) groups is 1. The minimum Gasteiger partial charge on any atom is -0.492 e. The molecule has 30 heavy (non-hydrogen) atoms. The van der Waals surface area contributed by atoms with Crippen LogP contribution in [0.15, 0.2) is 46.8 Å². The fourth-order valence-corrected chi connectivity index (χ4v) is 5.30. The van der Waals surface area contributed by atoms with Crippen molar-refractivity contribution in [2.45, 2.75) is 17.6 Å². The van der Waals surface area contributed by atoms with E-state index in [9.17, 15) is 13.2 Å². The minimum absolute atomic E-state index is 0.0395. The Morgan fingerprint density at radius 1 is 1.30 bits per heavy atom. The first-order chi connectivity index (χ1) is 14.2. The lowest BCUT2D eigenvalue weighted by Crippen LogP contribution is -2.38. The highest BCUT2D eigenvalue weighted by atomic mass is 32.2. The van der Waals surface area contributed by atoms with Gasteiger partial charge in [0.1, 0.15) is 12.4 Å². The summed E-state index contributed by atoms with van der Waals surface area (Å²) in [5.74, 6) is 0.144. The van der Waals surface area contributed by atoms with E-state index in [1.165, 1.54) is 4.90 Å². The molecule has 8 nitrogen and oxygen atoms in total. The van der Waals surface area contributed by atoms with Gasteiger partial charge in [0, 0.05) is 18.8 Å². The van der Waals surface area contributed by atoms with Crippen molar-refractivity contribution >= 4 is 32.4 Å². The zero-order valence-electron chi connectivity index (χ0n) is 16.4. The molecule has 1 amide bonds. The Morgan fingerprint density at radius 3 is 2.77 bits per heavy atom. The first kappa shape index (κ1) is 20.5. The molecule has 0 bridgehead atoms. The van der Waals surface area contributed by atoms with Crippen molar-refractivity contribution in [2.75, 3.05) is 18.6 Å². The Hall–Kier alpha value is -2.82. The SMILES string of the molecule is Cc1nc(N(C)C(=O)C2COc3ccc(-c4ccccn4)cc3C2)sc1S(N)(=O)=O. The summed E-state index contributed by atoms with van der Waals surface area (Å²) in [6, 6.07) is 11.5. The highest BCUT2D eigenvalue weighted by Gasteiger charge is 2.31. The predicted octanol–water partition coefficient (Wildman–Crippen LogP) is 2.38. The highest BCUT2D eigenvalue weighted by Crippen LogP contribution is 2.34. The van der Waals surface area contributed by atoms with E-state index in [2.05, 4.69) is 9.97 Å². The van der Waals surface area contributed by atoms with Gasteiger partial charge in [-0.25, -0.2) is 18.5 Å². The average molecular weight is 445 g/mol. The Balaban J connectivity index is 1.56. The number of benzene rings is 1. The molecule has 1 aliphatic heterocycles. The molecule has 1 aliphatic rings. The summed E-state index contributed by atoms with van der Waals surface area (Å²) in [5.41, 5.74) is 3.01. The number of hydrogen-bond acceptors (Lipinski definition) is 7. The lowest BCUT2D eigenvalue weighted by Gasteiger charge is -2.27. The quantitative estimate of drug-likeness (QED) is 0.661. The van der Waals surface area contributed by atoms with E-state index in [1.54, 1.807) is 20.2 Å². The molecule has 0 fully saturated rings. The number of sulfonamides is 1. The summed E-state index contributed by atoms with van der Waals surface area (Å²) in [7, 11) is -2.30. The summed E-state index contributed by atoms with van der Waals surface area (Å²) in [6.45, 7) is 1.79. The van der Waals surface area contributed by atoms with E-state index in [-0.39, 0.29) is 27.5 Å². The second-order valence-corrected chi connectivity index (χ2v) is 9.80. The molecule has 3 heterocycles. The van der Waals surface area contributed by atoms with E-state index < -0.39 is 15.9 Å². The summed E-state index contributed by atoms with van der Waals surface area (Å²) in [6.07, 6.45) is 2.24. The van der Waals surface area contributed by atoms with E-state index in [0.717, 1.165) is 33.9 Å². The van der Waals surface area contributed by atoms with Crippen LogP contribution in [0.5, 0.6) is 5.75 Å². The number of amides is 1. The van der Waals surface area contributed by atoms with E-state index >= 15 is 0 Å². The number of nitrogens with zero attached hydrogens (tertiary/aromatic N) is 3. The van der Waals surface area contributed by atoms with Crippen LogP contribution >= 0.6 is 11.3 Å². The Kier molecular flexibility index (Phi) is 5.31. The molecule has 0 spiro atoms. The van der Waals surface area contributed by atoms with Gasteiger partial charge >= 0.3 is 0 Å². The van der Waals surface area contributed by atoms with Gasteiger partial charge in [-0.05, 0) is 49.2 Å². The first-order valence-electron chi connectivity index (χ1n) is 9.19. The van der Waals surface area contributed by atoms with Crippen LogP contribution in [0.1, 0.15) is 11.3 Å². The van der Waals surface area contributed by atoms with Crippen molar-refractivity contribution < 1.29 is 17.9 Å². The van der Waals surface area contributed by atoms with Gasteiger partial charge in [0.15, 0.2) is 9.34 Å². The Morgan fingerprint density at radius 2 is 2.10 bits per heavy atom. The molecule has 1 aromatic carbocycles. The number of carbonyl (C=O) groups excluding carboxylic acids is 1. The maximum Gasteiger partial charge on any atom is 0.249 e. The minimum atomic E-state index is -3.88. The number of aromatic nitrogens is 2. The molecule has 1 unspecified atom stereocenters. The smallest absolute Gasteiger partial charge is 0.249 e. The number of ether oxygens (including phenoxy) is 1. The fourth-order valence-electron chi connectivity index (χ4n) is 3.39. The molecule has 2 aromatic heterocycles. The molecular weight excluding hydrogens is 424 g/mol. The van der Waals surface area contributed by atoms with Crippen molar-refractivity contribution in [2.24, 2.45) is 11.1 Å². The number of fused-ring (bicyclic) bond motifs is 1. The van der Waals surface area contributed by atoms with Crippen LogP contribution in [0, 0.1) is 12.8 Å². The highest BCUT2D eigenvalue weighted by molar-refractivity contribution is 7.91. The van der Waals surface area contributed by atoms with Gasteiger partial charge in [-0.3, -0.25) is 14.7 Å². The van der Waals surface area contributed by atoms with Gasteiger partial charge in [-0.1, -0.05) is 17.4 Å². The van der Waals surface area contributed by atoms with Gasteiger partial charge in [-0.15, -0.1) is 0 Å². The molecule has 0 radical (unpaired) electrons. The second kappa shape index (κ2) is 7.78. The molecular formula is C20H20N4O4S2. The summed E-state index contributed by atoms with van der Waals surface area (Å²) < 4.78 is 29.1. The van der Waals surface area contributed by atoms with Crippen LogP contribution in [0.25, 0.3) is 11.3 Å². The molecule has 0 aliphatic carbocycles. The van der Waals surface area contributed by atoms with Crippen LogP contribution in [0.3, 0.4) is 0 Å². The van der Waals surface area contributed by atoms with Crippen molar-refractivity contribution in [3.8, 4) is 17.0 Å². The maximum atomic E-state index is 13.1. The van der Waals surface area contributed by atoms with Crippen LogP contribution in [0.4, 0.5) is 5.13 Å². The zero-order chi connectivity index (χ0) is 21.5. The third-order valence-corrected chi connectivity index (χ3v) is 7.68. The van der Waals surface area contributed by atoms with E-state index in [0.29, 0.717) is 6.42 Å². The van der Waals surface area contributed by atoms with E-state index in [1.807, 2.05) is 36.4 Å². The van der Waals surface area contributed by atoms with Gasteiger partial charge < -0.3 is 4.74 Å². The van der Waals surface area contributed by atoms with Crippen molar-refractivity contribution in [1.29, 1.82) is 0 Å². The molecule has 4 rings (SSSR count). The van der Waals surface area contributed by atoms with Crippen LogP contribution < -0.4 is 14.8 Å². The zero-order valence-corrected chi connectivity index (χ0v) is 18.0. The predicted molar refractivity (Wildman–Crippen MR) is 114 cm³/mol. The van der Waals surface area contributed by atoms with Crippen molar-refractivity contribution in [3.63, 3.8) is 0 Å². The molecule has 0 saturated carbocycles. The third-order valence-electron chi connectivity index (χ3n) is 4.90. The largest absolute Gasteiger partial charge is 0.492 e. The lowest BCUT2D eigenvalue weighted by atomic mass is 9.93. The molecule has 156 valence electrons. The molecule has 2 N–H and O–H groups in total. The average Bonchev–Trinajstić information content (AvgIpc) is 3.14. The summed E-state index contributed by atoms with van der Waals surface area (Å²) >= 11 is 0.884. The van der Waals surface area contributed by atoms with Gasteiger partial charge in [0.2, 0.25) is 15.9 Å². The van der Waals surface area contributed by atoms with Crippen molar-refractivity contribution in [3.05, 3.63) is 53.9 Å². The van der Waals surface area contributed by atoms with Crippen LogP contribution in [0.2, 0.25) is 0 Å². The molecule has 1 atom stereocenters. The van der Waals surface area contributed by atoms with Crippen LogP contribution in [-0.2, 0) is 21.2 Å². The third kappa shape index (κ3) is 3.93. The standard InChI is InChI=1S/C20H20N4O4S2/c1-12-19(30(21,26)27)29-20(23-12)24(2)18(25)15-10-14-9-13(6-7-17(14)28-11-15)16-5-3-4-8-22-16/h3-9,15H,10-11H2,1-2H3,(H2,21,26,27). The van der Waals surface area contributed by atoms with E-state index in [4.69, 9.17) is 9.88 Å². The Bertz CT molecular complexity index is 1210. The topological polar surface area (TPSA) is 115 Å². The first-order valence-corrected chi connectivity index (χ1v) is 11.6. The fraction of sp³-hybridized carbons (Fsp3) is 0.250. The molecule has 3 aromatic rings. The molecule has 10 heteroatoms. The van der Waals surface area contributed by atoms with Gasteiger partial charge in [-0.2, -0.15) is 0 Å². The number of nitrogens with two attached hydrogens (primary N) is 1. The number of primary sulfonamides is 1. The van der Waals surface area contributed by atoms with Gasteiger partial charge in [0.25, 0.3) is 0 Å². The maximum absolute atomic E-state index is 13.1.